The number of phenolic OH excluding ortho intramolecular Hbond substituents is 2. The van der Waals surface area contributed by atoms with Gasteiger partial charge in [0.2, 0.25) is 0 Å². The maximum atomic E-state index is 11.6. The molecule has 0 bridgehead atoms. The molecule has 110 valence electrons. The van der Waals surface area contributed by atoms with Crippen molar-refractivity contribution in [1.29, 1.82) is 0 Å². The third kappa shape index (κ3) is 2.58. The molecule has 3 N–H and O–H groups in total. The van der Waals surface area contributed by atoms with Crippen molar-refractivity contribution in [2.45, 2.75) is 26.8 Å². The predicted octanol–water partition coefficient (Wildman–Crippen LogP) is 2.03. The van der Waals surface area contributed by atoms with E-state index in [-0.39, 0.29) is 17.4 Å². The number of rotatable bonds is 4. The van der Waals surface area contributed by atoms with E-state index in [4.69, 9.17) is 0 Å². The molecule has 1 aliphatic heterocycles. The average Bonchev–Trinajstić information content (AvgIpc) is 2.78. The first-order chi connectivity index (χ1) is 9.35. The van der Waals surface area contributed by atoms with E-state index in [0.29, 0.717) is 31.6 Å². The third-order valence-corrected chi connectivity index (χ3v) is 4.37. The molecule has 1 aliphatic rings. The topological polar surface area (TPSA) is 81.0 Å². The lowest BCUT2D eigenvalue weighted by molar-refractivity contribution is -0.151. The lowest BCUT2D eigenvalue weighted by atomic mass is 9.76. The molecule has 0 radical (unpaired) electrons. The molecule has 1 fully saturated rings. The zero-order chi connectivity index (χ0) is 14.9. The quantitative estimate of drug-likeness (QED) is 0.785. The molecular weight excluding hydrogens is 258 g/mol. The van der Waals surface area contributed by atoms with Gasteiger partial charge in [0.25, 0.3) is 0 Å². The molecule has 0 aliphatic carbocycles. The van der Waals surface area contributed by atoms with E-state index < -0.39 is 11.4 Å². The summed E-state index contributed by atoms with van der Waals surface area (Å²) in [7, 11) is 0. The standard InChI is InChI=1S/C15H21NO4/c1-10(2)15(14(19)20)5-6-16(9-15)8-11-3-4-12(17)7-13(11)18/h3-4,7,10,17-18H,5-6,8-9H2,1-2H3,(H,19,20). The minimum Gasteiger partial charge on any atom is -0.508 e. The van der Waals surface area contributed by atoms with E-state index in [0.717, 1.165) is 0 Å². The average molecular weight is 279 g/mol. The molecule has 0 aromatic heterocycles. The largest absolute Gasteiger partial charge is 0.508 e. The Morgan fingerprint density at radius 1 is 1.40 bits per heavy atom. The zero-order valence-corrected chi connectivity index (χ0v) is 11.8. The molecule has 2 rings (SSSR count). The van der Waals surface area contributed by atoms with E-state index in [9.17, 15) is 20.1 Å². The first-order valence-electron chi connectivity index (χ1n) is 6.82. The fraction of sp³-hybridized carbons (Fsp3) is 0.533. The van der Waals surface area contributed by atoms with Crippen LogP contribution in [0.25, 0.3) is 0 Å². The fourth-order valence-corrected chi connectivity index (χ4v) is 2.87. The van der Waals surface area contributed by atoms with Gasteiger partial charge in [0.05, 0.1) is 5.41 Å². The number of carbonyl (C=O) groups is 1. The number of carboxylic acid groups (broad SMARTS) is 1. The Balaban J connectivity index is 2.11. The molecule has 0 saturated carbocycles. The number of hydrogen-bond donors (Lipinski definition) is 3. The van der Waals surface area contributed by atoms with Crippen LogP contribution in [-0.4, -0.2) is 39.3 Å². The monoisotopic (exact) mass is 279 g/mol. The normalized spacial score (nSPS) is 23.4. The molecule has 1 saturated heterocycles. The van der Waals surface area contributed by atoms with Crippen molar-refractivity contribution >= 4 is 5.97 Å². The molecular formula is C15H21NO4. The summed E-state index contributed by atoms with van der Waals surface area (Å²) in [5, 5.41) is 28.6. The van der Waals surface area contributed by atoms with Crippen LogP contribution in [0.4, 0.5) is 0 Å². The Kier molecular flexibility index (Phi) is 3.90. The number of aliphatic carboxylic acids is 1. The summed E-state index contributed by atoms with van der Waals surface area (Å²) in [6.45, 7) is 5.56. The van der Waals surface area contributed by atoms with Crippen LogP contribution < -0.4 is 0 Å². The van der Waals surface area contributed by atoms with E-state index in [1.54, 1.807) is 6.07 Å². The van der Waals surface area contributed by atoms with Crippen LogP contribution in [0.1, 0.15) is 25.8 Å². The van der Waals surface area contributed by atoms with Crippen molar-refractivity contribution in [2.75, 3.05) is 13.1 Å². The van der Waals surface area contributed by atoms with Gasteiger partial charge in [-0.2, -0.15) is 0 Å². The Labute approximate surface area is 118 Å². The van der Waals surface area contributed by atoms with Crippen molar-refractivity contribution in [1.82, 2.24) is 4.90 Å². The summed E-state index contributed by atoms with van der Waals surface area (Å²) >= 11 is 0. The molecule has 20 heavy (non-hydrogen) atoms. The van der Waals surface area contributed by atoms with E-state index in [1.807, 2.05) is 18.7 Å². The van der Waals surface area contributed by atoms with Crippen molar-refractivity contribution in [3.05, 3.63) is 23.8 Å². The molecule has 5 nitrogen and oxygen atoms in total. The molecule has 1 aromatic rings. The highest BCUT2D eigenvalue weighted by Crippen LogP contribution is 2.39. The van der Waals surface area contributed by atoms with Gasteiger partial charge in [-0.25, -0.2) is 0 Å². The minimum atomic E-state index is -0.745. The maximum absolute atomic E-state index is 11.6. The second-order valence-electron chi connectivity index (χ2n) is 5.89. The summed E-state index contributed by atoms with van der Waals surface area (Å²) in [4.78, 5) is 13.6. The molecule has 1 unspecified atom stereocenters. The summed E-state index contributed by atoms with van der Waals surface area (Å²) in [5.74, 6) is -0.611. The highest BCUT2D eigenvalue weighted by molar-refractivity contribution is 5.75. The van der Waals surface area contributed by atoms with Gasteiger partial charge in [0.15, 0.2) is 0 Å². The third-order valence-electron chi connectivity index (χ3n) is 4.37. The summed E-state index contributed by atoms with van der Waals surface area (Å²) < 4.78 is 0. The van der Waals surface area contributed by atoms with Crippen molar-refractivity contribution < 1.29 is 20.1 Å². The molecule has 1 heterocycles. The Hall–Kier alpha value is -1.75. The van der Waals surface area contributed by atoms with Crippen LogP contribution >= 0.6 is 0 Å². The van der Waals surface area contributed by atoms with Crippen LogP contribution in [0, 0.1) is 11.3 Å². The maximum Gasteiger partial charge on any atom is 0.311 e. The van der Waals surface area contributed by atoms with E-state index in [1.165, 1.54) is 12.1 Å². The van der Waals surface area contributed by atoms with Crippen molar-refractivity contribution in [2.24, 2.45) is 11.3 Å². The lowest BCUT2D eigenvalue weighted by Gasteiger charge is -2.29. The Morgan fingerprint density at radius 2 is 2.10 bits per heavy atom. The van der Waals surface area contributed by atoms with Gasteiger partial charge >= 0.3 is 5.97 Å². The number of carboxylic acids is 1. The first-order valence-corrected chi connectivity index (χ1v) is 6.82. The Bertz CT molecular complexity index is 515. The second kappa shape index (κ2) is 5.32. The number of hydrogen-bond acceptors (Lipinski definition) is 4. The number of likely N-dealkylation sites (tertiary alicyclic amines) is 1. The van der Waals surface area contributed by atoms with Gasteiger partial charge in [-0.05, 0) is 24.9 Å². The molecule has 0 amide bonds. The van der Waals surface area contributed by atoms with Crippen LogP contribution in [0.2, 0.25) is 0 Å². The fourth-order valence-electron chi connectivity index (χ4n) is 2.87. The van der Waals surface area contributed by atoms with Crippen molar-refractivity contribution in [3.8, 4) is 11.5 Å². The van der Waals surface area contributed by atoms with Gasteiger partial charge in [-0.1, -0.05) is 19.9 Å². The van der Waals surface area contributed by atoms with E-state index in [2.05, 4.69) is 0 Å². The van der Waals surface area contributed by atoms with Crippen molar-refractivity contribution in [3.63, 3.8) is 0 Å². The second-order valence-corrected chi connectivity index (χ2v) is 5.89. The molecule has 0 spiro atoms. The van der Waals surface area contributed by atoms with Crippen LogP contribution in [0.15, 0.2) is 18.2 Å². The van der Waals surface area contributed by atoms with Gasteiger partial charge < -0.3 is 15.3 Å². The number of aromatic hydroxyl groups is 2. The number of phenols is 2. The molecule has 1 aromatic carbocycles. The SMILES string of the molecule is CC(C)C1(C(=O)O)CCN(Cc2ccc(O)cc2O)C1. The number of benzene rings is 1. The smallest absolute Gasteiger partial charge is 0.311 e. The highest BCUT2D eigenvalue weighted by Gasteiger charge is 2.47. The lowest BCUT2D eigenvalue weighted by Crippen LogP contribution is -2.39. The molecule has 1 atom stereocenters. The summed E-state index contributed by atoms with van der Waals surface area (Å²) in [6.07, 6.45) is 0.624. The predicted molar refractivity (Wildman–Crippen MR) is 74.6 cm³/mol. The van der Waals surface area contributed by atoms with Gasteiger partial charge in [0, 0.05) is 24.7 Å². The highest BCUT2D eigenvalue weighted by atomic mass is 16.4. The zero-order valence-electron chi connectivity index (χ0n) is 11.8. The van der Waals surface area contributed by atoms with Crippen LogP contribution in [-0.2, 0) is 11.3 Å². The Morgan fingerprint density at radius 3 is 2.60 bits per heavy atom. The summed E-state index contributed by atoms with van der Waals surface area (Å²) in [5.41, 5.74) is -0.000231. The molecule has 5 heteroatoms. The van der Waals surface area contributed by atoms with Gasteiger partial charge in [-0.15, -0.1) is 0 Å². The van der Waals surface area contributed by atoms with Crippen LogP contribution in [0.5, 0.6) is 11.5 Å². The number of nitrogens with zero attached hydrogens (tertiary/aromatic N) is 1. The minimum absolute atomic E-state index is 0.0229. The van der Waals surface area contributed by atoms with Crippen LogP contribution in [0.3, 0.4) is 0 Å². The van der Waals surface area contributed by atoms with Gasteiger partial charge in [0.1, 0.15) is 11.5 Å². The first kappa shape index (κ1) is 14.7. The van der Waals surface area contributed by atoms with E-state index >= 15 is 0 Å². The van der Waals surface area contributed by atoms with Gasteiger partial charge in [-0.3, -0.25) is 9.69 Å². The summed E-state index contributed by atoms with van der Waals surface area (Å²) in [6, 6.07) is 4.50.